The number of thiazole rings is 1. The van der Waals surface area contributed by atoms with Gasteiger partial charge in [0.1, 0.15) is 5.75 Å². The summed E-state index contributed by atoms with van der Waals surface area (Å²) in [6.07, 6.45) is 1.79. The molecular weight excluding hydrogens is 487 g/mol. The smallest absolute Gasteiger partial charge is 0.262 e. The number of rotatable bonds is 4. The van der Waals surface area contributed by atoms with Crippen LogP contribution >= 0.6 is 45.9 Å². The van der Waals surface area contributed by atoms with Gasteiger partial charge < -0.3 is 10.1 Å². The molecule has 5 rings (SSSR count). The number of fused-ring (bicyclic) bond motifs is 1. The number of carbonyl (C=O) groups is 1. The van der Waals surface area contributed by atoms with E-state index in [9.17, 15) is 4.79 Å². The number of nitrogens with one attached hydrogen (secondary N) is 1. The van der Waals surface area contributed by atoms with Crippen molar-refractivity contribution in [1.29, 1.82) is 0 Å². The minimum atomic E-state index is -0.182. The molecule has 2 aromatic carbocycles. The van der Waals surface area contributed by atoms with Crippen LogP contribution in [0.3, 0.4) is 0 Å². The Kier molecular flexibility index (Phi) is 5.84. The second-order valence-electron chi connectivity index (χ2n) is 6.73. The summed E-state index contributed by atoms with van der Waals surface area (Å²) in [4.78, 5) is 18.1. The Morgan fingerprint density at radius 3 is 2.81 bits per heavy atom. The number of hydrogen-bond acceptors (Lipinski definition) is 6. The van der Waals surface area contributed by atoms with Gasteiger partial charge in [0.05, 0.1) is 33.3 Å². The molecule has 1 N–H and O–H groups in total. The monoisotopic (exact) mass is 500 g/mol. The molecule has 0 fully saturated rings. The molecule has 160 valence electrons. The maximum atomic E-state index is 11.7. The van der Waals surface area contributed by atoms with Gasteiger partial charge in [-0.1, -0.05) is 29.3 Å². The topological polar surface area (TPSA) is 68.0 Å². The molecule has 1 aliphatic heterocycles. The zero-order valence-corrected chi connectivity index (χ0v) is 19.4. The molecule has 0 bridgehead atoms. The number of benzene rings is 2. The van der Waals surface area contributed by atoms with E-state index < -0.39 is 0 Å². The molecule has 1 aliphatic rings. The van der Waals surface area contributed by atoms with Gasteiger partial charge in [-0.2, -0.15) is 5.10 Å². The maximum Gasteiger partial charge on any atom is 0.262 e. The van der Waals surface area contributed by atoms with E-state index in [0.29, 0.717) is 32.0 Å². The third-order valence-corrected chi connectivity index (χ3v) is 6.93. The molecule has 0 saturated heterocycles. The fraction of sp³-hybridized carbons (Fsp3) is 0.0455. The van der Waals surface area contributed by atoms with Gasteiger partial charge in [0.25, 0.3) is 5.91 Å². The second kappa shape index (κ2) is 8.91. The SMILES string of the molecule is O=C1COc2ccc(-c3csc(=Nc4ccc(Cl)c(Cl)c4)n3N=Cc3cccs3)cc2N1. The van der Waals surface area contributed by atoms with Crippen LogP contribution in [0.15, 0.2) is 69.4 Å². The average molecular weight is 501 g/mol. The number of anilines is 1. The van der Waals surface area contributed by atoms with Crippen LogP contribution in [0.5, 0.6) is 5.75 Å². The predicted octanol–water partition coefficient (Wildman–Crippen LogP) is 6.03. The molecule has 10 heteroatoms. The molecule has 0 spiro atoms. The Morgan fingerprint density at radius 1 is 1.09 bits per heavy atom. The highest BCUT2D eigenvalue weighted by atomic mass is 35.5. The molecule has 0 atom stereocenters. The van der Waals surface area contributed by atoms with E-state index in [1.165, 1.54) is 11.3 Å². The number of halogens is 2. The minimum Gasteiger partial charge on any atom is -0.482 e. The van der Waals surface area contributed by atoms with Crippen LogP contribution in [0.4, 0.5) is 11.4 Å². The highest BCUT2D eigenvalue weighted by Crippen LogP contribution is 2.33. The van der Waals surface area contributed by atoms with Gasteiger partial charge in [-0.25, -0.2) is 9.67 Å². The van der Waals surface area contributed by atoms with Crippen molar-refractivity contribution in [3.8, 4) is 17.0 Å². The quantitative estimate of drug-likeness (QED) is 0.347. The van der Waals surface area contributed by atoms with Crippen LogP contribution in [0.2, 0.25) is 10.0 Å². The fourth-order valence-corrected chi connectivity index (χ4v) is 4.80. The van der Waals surface area contributed by atoms with Crippen molar-refractivity contribution >= 4 is 69.4 Å². The summed E-state index contributed by atoms with van der Waals surface area (Å²) in [5, 5.41) is 12.4. The second-order valence-corrected chi connectivity index (χ2v) is 9.36. The first kappa shape index (κ1) is 21.0. The van der Waals surface area contributed by atoms with Crippen molar-refractivity contribution < 1.29 is 9.53 Å². The maximum absolute atomic E-state index is 11.7. The Morgan fingerprint density at radius 2 is 2.00 bits per heavy atom. The van der Waals surface area contributed by atoms with Gasteiger partial charge in [0, 0.05) is 15.8 Å². The van der Waals surface area contributed by atoms with Crippen molar-refractivity contribution in [2.75, 3.05) is 11.9 Å². The van der Waals surface area contributed by atoms with Crippen LogP contribution in [-0.4, -0.2) is 23.4 Å². The molecule has 0 saturated carbocycles. The van der Waals surface area contributed by atoms with Gasteiger partial charge in [-0.3, -0.25) is 4.79 Å². The Balaban J connectivity index is 1.63. The molecule has 2 aromatic heterocycles. The van der Waals surface area contributed by atoms with Crippen LogP contribution in [0.1, 0.15) is 4.88 Å². The number of ether oxygens (including phenoxy) is 1. The molecule has 6 nitrogen and oxygen atoms in total. The number of aromatic nitrogens is 1. The van der Waals surface area contributed by atoms with Crippen LogP contribution in [0.25, 0.3) is 11.3 Å². The zero-order valence-electron chi connectivity index (χ0n) is 16.3. The number of hydrogen-bond donors (Lipinski definition) is 1. The summed E-state index contributed by atoms with van der Waals surface area (Å²) in [7, 11) is 0. The minimum absolute atomic E-state index is 0.0165. The molecule has 32 heavy (non-hydrogen) atoms. The first-order chi connectivity index (χ1) is 15.6. The van der Waals surface area contributed by atoms with E-state index >= 15 is 0 Å². The highest BCUT2D eigenvalue weighted by molar-refractivity contribution is 7.11. The molecule has 0 aliphatic carbocycles. The molecule has 0 radical (unpaired) electrons. The molecular formula is C22H14Cl2N4O2S2. The van der Waals surface area contributed by atoms with Crippen molar-refractivity contribution in [3.63, 3.8) is 0 Å². The largest absolute Gasteiger partial charge is 0.482 e. The zero-order chi connectivity index (χ0) is 22.1. The lowest BCUT2D eigenvalue weighted by atomic mass is 10.1. The first-order valence-electron chi connectivity index (χ1n) is 9.42. The molecule has 0 unspecified atom stereocenters. The molecule has 3 heterocycles. The lowest BCUT2D eigenvalue weighted by Crippen LogP contribution is -2.25. The number of amides is 1. The summed E-state index contributed by atoms with van der Waals surface area (Å²) >= 11 is 15.2. The Bertz CT molecular complexity index is 1410. The Labute approximate surface area is 201 Å². The fourth-order valence-electron chi connectivity index (χ4n) is 3.07. The van der Waals surface area contributed by atoms with E-state index in [1.54, 1.807) is 40.4 Å². The van der Waals surface area contributed by atoms with Gasteiger partial charge in [0.2, 0.25) is 4.80 Å². The summed E-state index contributed by atoms with van der Waals surface area (Å²) in [5.74, 6) is 0.455. The third kappa shape index (κ3) is 4.35. The lowest BCUT2D eigenvalue weighted by molar-refractivity contribution is -0.118. The van der Waals surface area contributed by atoms with Gasteiger partial charge in [-0.05, 0) is 47.8 Å². The highest BCUT2D eigenvalue weighted by Gasteiger charge is 2.18. The van der Waals surface area contributed by atoms with E-state index in [-0.39, 0.29) is 12.5 Å². The summed E-state index contributed by atoms with van der Waals surface area (Å²) in [6.45, 7) is 0.0165. The van der Waals surface area contributed by atoms with Crippen molar-refractivity contribution in [3.05, 3.63) is 79.0 Å². The van der Waals surface area contributed by atoms with Gasteiger partial charge in [-0.15, -0.1) is 22.7 Å². The van der Waals surface area contributed by atoms with E-state index in [0.717, 1.165) is 16.1 Å². The normalized spacial score (nSPS) is 13.8. The van der Waals surface area contributed by atoms with Crippen molar-refractivity contribution in [1.82, 2.24) is 4.68 Å². The van der Waals surface area contributed by atoms with Gasteiger partial charge in [0.15, 0.2) is 6.61 Å². The lowest BCUT2D eigenvalue weighted by Gasteiger charge is -2.18. The molecule has 1 amide bonds. The summed E-state index contributed by atoms with van der Waals surface area (Å²) in [5.41, 5.74) is 2.98. The molecule has 4 aromatic rings. The number of nitrogens with zero attached hydrogens (tertiary/aromatic N) is 3. The van der Waals surface area contributed by atoms with E-state index in [4.69, 9.17) is 32.9 Å². The van der Waals surface area contributed by atoms with Crippen LogP contribution < -0.4 is 14.9 Å². The summed E-state index contributed by atoms with van der Waals surface area (Å²) in [6, 6.07) is 14.8. The standard InChI is InChI=1S/C22H14Cl2N4O2S2/c23-16-5-4-14(9-17(16)24)26-22-28(25-10-15-2-1-7-31-15)19(12-32-22)13-3-6-20-18(8-13)27-21(29)11-30-20/h1-10,12H,11H2,(H,27,29). The number of thiophene rings is 1. The Hall–Kier alpha value is -2.91. The van der Waals surface area contributed by atoms with Crippen LogP contribution in [-0.2, 0) is 4.79 Å². The predicted molar refractivity (Wildman–Crippen MR) is 131 cm³/mol. The first-order valence-corrected chi connectivity index (χ1v) is 11.9. The average Bonchev–Trinajstić information content (AvgIpc) is 3.44. The van der Waals surface area contributed by atoms with Crippen molar-refractivity contribution in [2.24, 2.45) is 10.1 Å². The third-order valence-electron chi connectivity index (χ3n) is 4.57. The number of carbonyl (C=O) groups excluding carboxylic acids is 1. The summed E-state index contributed by atoms with van der Waals surface area (Å²) < 4.78 is 7.24. The van der Waals surface area contributed by atoms with E-state index in [2.05, 4.69) is 10.4 Å². The van der Waals surface area contributed by atoms with Crippen molar-refractivity contribution in [2.45, 2.75) is 0 Å². The van der Waals surface area contributed by atoms with Crippen LogP contribution in [0, 0.1) is 0 Å². The van der Waals surface area contributed by atoms with Gasteiger partial charge >= 0.3 is 0 Å². The van der Waals surface area contributed by atoms with E-state index in [1.807, 2.05) is 41.1 Å².